The summed E-state index contributed by atoms with van der Waals surface area (Å²) < 4.78 is 11.6. The van der Waals surface area contributed by atoms with E-state index in [-0.39, 0.29) is 6.10 Å². The summed E-state index contributed by atoms with van der Waals surface area (Å²) in [4.78, 5) is 0. The van der Waals surface area contributed by atoms with Crippen LogP contribution in [-0.2, 0) is 4.74 Å². The molecule has 0 saturated carbocycles. The molecule has 2 heterocycles. The molecule has 0 aromatic heterocycles. The molecule has 0 spiro atoms. The van der Waals surface area contributed by atoms with Gasteiger partial charge in [0.1, 0.15) is 17.6 Å². The topological polar surface area (TPSA) is 18.5 Å². The van der Waals surface area contributed by atoms with E-state index in [1.54, 1.807) is 6.26 Å². The van der Waals surface area contributed by atoms with Crippen molar-refractivity contribution in [2.45, 2.75) is 12.5 Å². The average Bonchev–Trinajstić information content (AvgIpc) is 2.54. The molecular weight excluding hydrogens is 248 g/mol. The third-order valence-electron chi connectivity index (χ3n) is 3.64. The van der Waals surface area contributed by atoms with Crippen LogP contribution in [0.3, 0.4) is 0 Å². The van der Waals surface area contributed by atoms with Gasteiger partial charge in [-0.25, -0.2) is 0 Å². The van der Waals surface area contributed by atoms with Gasteiger partial charge in [-0.15, -0.1) is 0 Å². The van der Waals surface area contributed by atoms with E-state index >= 15 is 0 Å². The Labute approximate surface area is 118 Å². The molecule has 0 amide bonds. The lowest BCUT2D eigenvalue weighted by Crippen LogP contribution is -2.22. The van der Waals surface area contributed by atoms with Gasteiger partial charge < -0.3 is 9.47 Å². The Hall–Kier alpha value is -2.48. The number of hydrogen-bond acceptors (Lipinski definition) is 2. The van der Waals surface area contributed by atoms with Crippen LogP contribution in [0.1, 0.15) is 12.0 Å². The monoisotopic (exact) mass is 261 g/mol. The molecule has 2 aliphatic heterocycles. The average molecular weight is 261 g/mol. The van der Waals surface area contributed by atoms with E-state index in [9.17, 15) is 0 Å². The molecule has 2 nitrogen and oxygen atoms in total. The SMILES string of the molecule is [c]1cccc2c1C=CC(C1=C3CC=CC=C3OC=C1)O2. The van der Waals surface area contributed by atoms with Gasteiger partial charge in [0, 0.05) is 16.7 Å². The van der Waals surface area contributed by atoms with Crippen molar-refractivity contribution in [3.05, 3.63) is 83.4 Å². The predicted molar refractivity (Wildman–Crippen MR) is 77.8 cm³/mol. The predicted octanol–water partition coefficient (Wildman–Crippen LogP) is 3.95. The molecule has 0 saturated heterocycles. The standard InChI is InChI=1S/C18H13O2/c1-3-7-16-13(5-1)9-10-18(20-16)15-11-12-19-17-8-4-2-6-14(15)17/h1-4,7-12,18H,6H2. The molecule has 1 radical (unpaired) electrons. The van der Waals surface area contributed by atoms with Gasteiger partial charge in [0.15, 0.2) is 0 Å². The first-order valence-corrected chi connectivity index (χ1v) is 6.71. The molecule has 0 bridgehead atoms. The smallest absolute Gasteiger partial charge is 0.143 e. The van der Waals surface area contributed by atoms with E-state index in [1.165, 1.54) is 5.57 Å². The summed E-state index contributed by atoms with van der Waals surface area (Å²) in [5.41, 5.74) is 3.37. The van der Waals surface area contributed by atoms with Crippen molar-refractivity contribution in [1.82, 2.24) is 0 Å². The molecule has 1 aliphatic carbocycles. The molecule has 1 atom stereocenters. The van der Waals surface area contributed by atoms with Crippen LogP contribution >= 0.6 is 0 Å². The van der Waals surface area contributed by atoms with Gasteiger partial charge >= 0.3 is 0 Å². The molecule has 1 unspecified atom stereocenters. The van der Waals surface area contributed by atoms with E-state index in [4.69, 9.17) is 9.47 Å². The molecular formula is C18H13O2. The Morgan fingerprint density at radius 2 is 2.25 bits per heavy atom. The normalized spacial score (nSPS) is 22.6. The highest BCUT2D eigenvalue weighted by molar-refractivity contribution is 5.62. The number of rotatable bonds is 1. The summed E-state index contributed by atoms with van der Waals surface area (Å²) in [6, 6.07) is 9.00. The van der Waals surface area contributed by atoms with Crippen LogP contribution in [0, 0.1) is 6.07 Å². The highest BCUT2D eigenvalue weighted by Crippen LogP contribution is 2.34. The quantitative estimate of drug-likeness (QED) is 0.762. The second-order valence-corrected chi connectivity index (χ2v) is 4.86. The van der Waals surface area contributed by atoms with E-state index in [2.05, 4.69) is 24.3 Å². The van der Waals surface area contributed by atoms with Crippen LogP contribution in [0.2, 0.25) is 0 Å². The lowest BCUT2D eigenvalue weighted by atomic mass is 9.93. The lowest BCUT2D eigenvalue weighted by molar-refractivity contribution is 0.275. The maximum Gasteiger partial charge on any atom is 0.143 e. The third kappa shape index (κ3) is 1.81. The van der Waals surface area contributed by atoms with Gasteiger partial charge in [0.05, 0.1) is 6.26 Å². The number of benzene rings is 1. The fourth-order valence-electron chi connectivity index (χ4n) is 2.65. The molecule has 2 heteroatoms. The molecule has 0 N–H and O–H groups in total. The zero-order chi connectivity index (χ0) is 13.4. The first-order valence-electron chi connectivity index (χ1n) is 6.71. The molecule has 0 fully saturated rings. The Bertz CT molecular complexity index is 702. The summed E-state index contributed by atoms with van der Waals surface area (Å²) in [5, 5.41) is 0. The van der Waals surface area contributed by atoms with E-state index in [0.29, 0.717) is 0 Å². The van der Waals surface area contributed by atoms with E-state index in [1.807, 2.05) is 36.4 Å². The minimum Gasteiger partial charge on any atom is -0.481 e. The summed E-state index contributed by atoms with van der Waals surface area (Å²) in [6.45, 7) is 0. The summed E-state index contributed by atoms with van der Waals surface area (Å²) in [7, 11) is 0. The Morgan fingerprint density at radius 1 is 1.25 bits per heavy atom. The minimum atomic E-state index is -0.0663. The minimum absolute atomic E-state index is 0.0663. The van der Waals surface area contributed by atoms with Crippen molar-refractivity contribution in [2.75, 3.05) is 0 Å². The van der Waals surface area contributed by atoms with Gasteiger partial charge in [-0.1, -0.05) is 30.4 Å². The van der Waals surface area contributed by atoms with Gasteiger partial charge in [0.25, 0.3) is 0 Å². The molecule has 4 rings (SSSR count). The fourth-order valence-corrected chi connectivity index (χ4v) is 2.65. The highest BCUT2D eigenvalue weighted by atomic mass is 16.5. The summed E-state index contributed by atoms with van der Waals surface area (Å²) >= 11 is 0. The molecule has 3 aliphatic rings. The van der Waals surface area contributed by atoms with Crippen LogP contribution in [0.5, 0.6) is 5.75 Å². The maximum absolute atomic E-state index is 6.09. The van der Waals surface area contributed by atoms with Gasteiger partial charge in [-0.2, -0.15) is 0 Å². The summed E-state index contributed by atoms with van der Waals surface area (Å²) in [6.07, 6.45) is 14.8. The zero-order valence-electron chi connectivity index (χ0n) is 10.9. The Kier molecular flexibility index (Phi) is 2.59. The number of fused-ring (bicyclic) bond motifs is 2. The molecule has 97 valence electrons. The second-order valence-electron chi connectivity index (χ2n) is 4.86. The van der Waals surface area contributed by atoms with Crippen molar-refractivity contribution in [3.63, 3.8) is 0 Å². The van der Waals surface area contributed by atoms with Crippen LogP contribution < -0.4 is 4.74 Å². The fraction of sp³-hybridized carbons (Fsp3) is 0.111. The first-order chi connectivity index (χ1) is 9.92. The van der Waals surface area contributed by atoms with Crippen LogP contribution in [0.15, 0.2) is 71.7 Å². The number of hydrogen-bond donors (Lipinski definition) is 0. The maximum atomic E-state index is 6.09. The van der Waals surface area contributed by atoms with Crippen molar-refractivity contribution in [1.29, 1.82) is 0 Å². The van der Waals surface area contributed by atoms with Crippen molar-refractivity contribution in [3.8, 4) is 5.75 Å². The van der Waals surface area contributed by atoms with Gasteiger partial charge in [0.2, 0.25) is 0 Å². The summed E-state index contributed by atoms with van der Waals surface area (Å²) in [5.74, 6) is 1.80. The number of allylic oxidation sites excluding steroid dienone is 4. The van der Waals surface area contributed by atoms with Crippen molar-refractivity contribution < 1.29 is 9.47 Å². The third-order valence-corrected chi connectivity index (χ3v) is 3.64. The Balaban J connectivity index is 1.73. The van der Waals surface area contributed by atoms with Crippen LogP contribution in [0.25, 0.3) is 6.08 Å². The lowest BCUT2D eigenvalue weighted by Gasteiger charge is -2.27. The van der Waals surface area contributed by atoms with E-state index in [0.717, 1.165) is 29.1 Å². The van der Waals surface area contributed by atoms with Crippen LogP contribution in [0.4, 0.5) is 0 Å². The highest BCUT2D eigenvalue weighted by Gasteiger charge is 2.24. The zero-order valence-corrected chi connectivity index (χ0v) is 10.9. The van der Waals surface area contributed by atoms with Gasteiger partial charge in [-0.05, 0) is 36.8 Å². The first kappa shape index (κ1) is 11.4. The largest absolute Gasteiger partial charge is 0.481 e. The number of ether oxygens (including phenoxy) is 2. The van der Waals surface area contributed by atoms with Crippen molar-refractivity contribution >= 4 is 6.08 Å². The van der Waals surface area contributed by atoms with Gasteiger partial charge in [-0.3, -0.25) is 0 Å². The molecule has 1 aromatic carbocycles. The van der Waals surface area contributed by atoms with E-state index < -0.39 is 0 Å². The van der Waals surface area contributed by atoms with Crippen molar-refractivity contribution in [2.24, 2.45) is 0 Å². The Morgan fingerprint density at radius 3 is 3.25 bits per heavy atom. The molecule has 20 heavy (non-hydrogen) atoms. The van der Waals surface area contributed by atoms with Crippen LogP contribution in [-0.4, -0.2) is 6.10 Å². The second kappa shape index (κ2) is 4.57. The molecule has 1 aromatic rings.